The lowest BCUT2D eigenvalue weighted by Crippen LogP contribution is -2.53. The smallest absolute Gasteiger partial charge is 0.326 e. The van der Waals surface area contributed by atoms with Crippen molar-refractivity contribution in [3.8, 4) is 0 Å². The minimum atomic E-state index is -1.04. The third-order valence-electron chi connectivity index (χ3n) is 2.03. The van der Waals surface area contributed by atoms with Crippen molar-refractivity contribution in [2.45, 2.75) is 51.6 Å². The van der Waals surface area contributed by atoms with Crippen LogP contribution in [0.4, 0.5) is 0 Å². The molecule has 0 aliphatic heterocycles. The molecule has 0 bridgehead atoms. The first-order chi connectivity index (χ1) is 6.79. The normalized spacial score (nSPS) is 13.3. The molecule has 0 saturated carbocycles. The number of carboxylic acid groups (broad SMARTS) is 1. The molecule has 0 aromatic heterocycles. The molecule has 0 fully saturated rings. The van der Waals surface area contributed by atoms with Gasteiger partial charge in [0.15, 0.2) is 0 Å². The average Bonchev–Trinajstić information content (AvgIpc) is 2.09. The molecule has 88 valence electrons. The number of hydrogen-bond donors (Lipinski definition) is 3. The Morgan fingerprint density at radius 3 is 2.33 bits per heavy atom. The summed E-state index contributed by atoms with van der Waals surface area (Å²) in [5, 5.41) is 11.3. The molecule has 4 N–H and O–H groups in total. The molecule has 1 amide bonds. The first-order valence-electron chi connectivity index (χ1n) is 5.11. The van der Waals surface area contributed by atoms with Gasteiger partial charge < -0.3 is 16.2 Å². The number of nitrogens with one attached hydrogen (secondary N) is 1. The lowest BCUT2D eigenvalue weighted by molar-refractivity contribution is -0.142. The van der Waals surface area contributed by atoms with Crippen LogP contribution in [0.1, 0.15) is 40.0 Å². The van der Waals surface area contributed by atoms with Crippen molar-refractivity contribution in [3.05, 3.63) is 0 Å². The Balaban J connectivity index is 4.29. The second-order valence-corrected chi connectivity index (χ2v) is 4.23. The van der Waals surface area contributed by atoms with Crippen LogP contribution in [-0.4, -0.2) is 28.6 Å². The fourth-order valence-corrected chi connectivity index (χ4v) is 1.01. The van der Waals surface area contributed by atoms with E-state index in [2.05, 4.69) is 5.32 Å². The zero-order valence-electron chi connectivity index (χ0n) is 9.54. The fourth-order valence-electron chi connectivity index (χ4n) is 1.01. The standard InChI is InChI=1S/C10H20N2O3/c1-4-5-6-7(8(13)14)12-9(15)10(2,3)11/h7H,4-6,11H2,1-3H3,(H,12,15)(H,13,14). The summed E-state index contributed by atoms with van der Waals surface area (Å²) >= 11 is 0. The van der Waals surface area contributed by atoms with E-state index in [1.165, 1.54) is 0 Å². The molecule has 0 aromatic rings. The number of carbonyl (C=O) groups is 2. The predicted octanol–water partition coefficient (Wildman–Crippen LogP) is 0.483. The molecule has 5 heteroatoms. The molecule has 0 aliphatic carbocycles. The van der Waals surface area contributed by atoms with E-state index in [9.17, 15) is 9.59 Å². The third-order valence-corrected chi connectivity index (χ3v) is 2.03. The Kier molecular flexibility index (Phi) is 5.28. The molecule has 0 rings (SSSR count). The van der Waals surface area contributed by atoms with Gasteiger partial charge in [-0.05, 0) is 20.3 Å². The molecule has 0 saturated heterocycles. The van der Waals surface area contributed by atoms with Crippen LogP contribution in [0.3, 0.4) is 0 Å². The van der Waals surface area contributed by atoms with Crippen LogP contribution < -0.4 is 11.1 Å². The lowest BCUT2D eigenvalue weighted by atomic mass is 10.0. The van der Waals surface area contributed by atoms with Crippen LogP contribution in [-0.2, 0) is 9.59 Å². The van der Waals surface area contributed by atoms with Crippen LogP contribution >= 0.6 is 0 Å². The zero-order valence-corrected chi connectivity index (χ0v) is 9.54. The number of amides is 1. The average molecular weight is 216 g/mol. The molecular formula is C10H20N2O3. The largest absolute Gasteiger partial charge is 0.480 e. The molecule has 0 radical (unpaired) electrons. The van der Waals surface area contributed by atoms with Crippen LogP contribution in [0.25, 0.3) is 0 Å². The van der Waals surface area contributed by atoms with Gasteiger partial charge in [0.25, 0.3) is 0 Å². The molecule has 0 aliphatic rings. The van der Waals surface area contributed by atoms with Crippen molar-refractivity contribution < 1.29 is 14.7 Å². The van der Waals surface area contributed by atoms with E-state index in [-0.39, 0.29) is 0 Å². The Bertz CT molecular complexity index is 233. The monoisotopic (exact) mass is 216 g/mol. The molecule has 15 heavy (non-hydrogen) atoms. The maximum absolute atomic E-state index is 11.4. The number of rotatable bonds is 6. The van der Waals surface area contributed by atoms with Gasteiger partial charge in [-0.2, -0.15) is 0 Å². The number of carboxylic acids is 1. The van der Waals surface area contributed by atoms with Crippen molar-refractivity contribution in [1.82, 2.24) is 5.32 Å². The maximum atomic E-state index is 11.4. The summed E-state index contributed by atoms with van der Waals surface area (Å²) in [4.78, 5) is 22.3. The van der Waals surface area contributed by atoms with Crippen molar-refractivity contribution in [3.63, 3.8) is 0 Å². The molecule has 0 spiro atoms. The van der Waals surface area contributed by atoms with Crippen molar-refractivity contribution >= 4 is 11.9 Å². The van der Waals surface area contributed by atoms with Gasteiger partial charge in [0, 0.05) is 0 Å². The number of unbranched alkanes of at least 4 members (excludes halogenated alkanes) is 1. The van der Waals surface area contributed by atoms with E-state index >= 15 is 0 Å². The lowest BCUT2D eigenvalue weighted by Gasteiger charge is -2.21. The van der Waals surface area contributed by atoms with E-state index in [0.29, 0.717) is 6.42 Å². The first kappa shape index (κ1) is 13.9. The number of aliphatic carboxylic acids is 1. The highest BCUT2D eigenvalue weighted by atomic mass is 16.4. The predicted molar refractivity (Wildman–Crippen MR) is 57.4 cm³/mol. The van der Waals surface area contributed by atoms with Crippen LogP contribution in [0, 0.1) is 0 Å². The fraction of sp³-hybridized carbons (Fsp3) is 0.800. The highest BCUT2D eigenvalue weighted by molar-refractivity contribution is 5.89. The van der Waals surface area contributed by atoms with Gasteiger partial charge in [-0.3, -0.25) is 4.79 Å². The second-order valence-electron chi connectivity index (χ2n) is 4.23. The zero-order chi connectivity index (χ0) is 12.1. The summed E-state index contributed by atoms with van der Waals surface area (Å²) in [7, 11) is 0. The van der Waals surface area contributed by atoms with Crippen molar-refractivity contribution in [1.29, 1.82) is 0 Å². The van der Waals surface area contributed by atoms with Crippen LogP contribution in [0.15, 0.2) is 0 Å². The molecule has 0 aromatic carbocycles. The van der Waals surface area contributed by atoms with E-state index in [1.807, 2.05) is 6.92 Å². The van der Waals surface area contributed by atoms with E-state index in [4.69, 9.17) is 10.8 Å². The number of nitrogens with two attached hydrogens (primary N) is 1. The van der Waals surface area contributed by atoms with Gasteiger partial charge in [-0.15, -0.1) is 0 Å². The minimum absolute atomic E-state index is 0.438. The summed E-state index contributed by atoms with van der Waals surface area (Å²) in [6.07, 6.45) is 2.10. The highest BCUT2D eigenvalue weighted by Crippen LogP contribution is 2.03. The first-order valence-corrected chi connectivity index (χ1v) is 5.11. The van der Waals surface area contributed by atoms with E-state index in [0.717, 1.165) is 12.8 Å². The molecular weight excluding hydrogens is 196 g/mol. The van der Waals surface area contributed by atoms with Gasteiger partial charge in [-0.25, -0.2) is 4.79 Å². The van der Waals surface area contributed by atoms with Crippen LogP contribution in [0.5, 0.6) is 0 Å². The maximum Gasteiger partial charge on any atom is 0.326 e. The molecule has 1 unspecified atom stereocenters. The van der Waals surface area contributed by atoms with E-state index in [1.54, 1.807) is 13.8 Å². The quantitative estimate of drug-likeness (QED) is 0.602. The van der Waals surface area contributed by atoms with Gasteiger partial charge in [0.1, 0.15) is 6.04 Å². The van der Waals surface area contributed by atoms with Gasteiger partial charge in [0.05, 0.1) is 5.54 Å². The third kappa shape index (κ3) is 5.37. The van der Waals surface area contributed by atoms with Crippen molar-refractivity contribution in [2.75, 3.05) is 0 Å². The van der Waals surface area contributed by atoms with Crippen LogP contribution in [0.2, 0.25) is 0 Å². The summed E-state index contributed by atoms with van der Waals surface area (Å²) in [6, 6.07) is -0.833. The topological polar surface area (TPSA) is 92.4 Å². The Labute approximate surface area is 90.0 Å². The SMILES string of the molecule is CCCCC(NC(=O)C(C)(C)N)C(=O)O. The number of hydrogen-bond acceptors (Lipinski definition) is 3. The number of carbonyl (C=O) groups excluding carboxylic acids is 1. The van der Waals surface area contributed by atoms with Gasteiger partial charge >= 0.3 is 5.97 Å². The molecule has 1 atom stereocenters. The van der Waals surface area contributed by atoms with Gasteiger partial charge in [0.2, 0.25) is 5.91 Å². The summed E-state index contributed by atoms with van der Waals surface area (Å²) in [6.45, 7) is 5.05. The summed E-state index contributed by atoms with van der Waals surface area (Å²) < 4.78 is 0. The highest BCUT2D eigenvalue weighted by Gasteiger charge is 2.27. The van der Waals surface area contributed by atoms with E-state index < -0.39 is 23.5 Å². The Morgan fingerprint density at radius 2 is 2.00 bits per heavy atom. The van der Waals surface area contributed by atoms with Gasteiger partial charge in [-0.1, -0.05) is 19.8 Å². The second kappa shape index (κ2) is 5.70. The van der Waals surface area contributed by atoms with Crippen molar-refractivity contribution in [2.24, 2.45) is 5.73 Å². The Morgan fingerprint density at radius 1 is 1.47 bits per heavy atom. The Hall–Kier alpha value is -1.10. The minimum Gasteiger partial charge on any atom is -0.480 e. The molecule has 5 nitrogen and oxygen atoms in total. The summed E-state index contributed by atoms with van der Waals surface area (Å²) in [5.41, 5.74) is 4.51. The molecule has 0 heterocycles. The summed E-state index contributed by atoms with van der Waals surface area (Å²) in [5.74, 6) is -1.45.